The van der Waals surface area contributed by atoms with Gasteiger partial charge in [-0.25, -0.2) is 0 Å². The first-order valence-corrected chi connectivity index (χ1v) is 11.3. The highest BCUT2D eigenvalue weighted by Gasteiger charge is 2.35. The van der Waals surface area contributed by atoms with E-state index in [2.05, 4.69) is 28.2 Å². The Morgan fingerprint density at radius 1 is 1.12 bits per heavy atom. The number of aromatic nitrogens is 1. The molecule has 1 aliphatic heterocycles. The molecule has 0 bridgehead atoms. The summed E-state index contributed by atoms with van der Waals surface area (Å²) in [5.74, 6) is -0.727. The second-order valence-corrected chi connectivity index (χ2v) is 8.31. The molecule has 3 amide bonds. The van der Waals surface area contributed by atoms with Crippen molar-refractivity contribution >= 4 is 53.3 Å². The molecule has 0 unspecified atom stereocenters. The number of carbonyl (C=O) groups is 3. The third-order valence-electron chi connectivity index (χ3n) is 5.27. The lowest BCUT2D eigenvalue weighted by Gasteiger charge is -2.28. The highest BCUT2D eigenvalue weighted by Crippen LogP contribution is 2.28. The number of rotatable bonds is 6. The number of pyridine rings is 1. The average Bonchev–Trinajstić information content (AvgIpc) is 2.90. The number of anilines is 2. The summed E-state index contributed by atoms with van der Waals surface area (Å²) in [6, 6.07) is 16.6. The van der Waals surface area contributed by atoms with Crippen LogP contribution in [-0.2, 0) is 22.6 Å². The molecular formula is C24H21ClN4O3S. The first-order valence-electron chi connectivity index (χ1n) is 10.3. The largest absolute Gasteiger partial charge is 0.325 e. The zero-order valence-corrected chi connectivity index (χ0v) is 19.1. The lowest BCUT2D eigenvalue weighted by Crippen LogP contribution is -2.46. The minimum absolute atomic E-state index is 0.0811. The van der Waals surface area contributed by atoms with E-state index in [0.717, 1.165) is 5.56 Å². The molecule has 7 nitrogen and oxygen atoms in total. The van der Waals surface area contributed by atoms with E-state index < -0.39 is 6.04 Å². The van der Waals surface area contributed by atoms with Crippen LogP contribution in [0.5, 0.6) is 0 Å². The van der Waals surface area contributed by atoms with Gasteiger partial charge in [-0.3, -0.25) is 19.4 Å². The maximum Gasteiger partial charge on any atom is 0.256 e. The van der Waals surface area contributed by atoms with Crippen molar-refractivity contribution in [2.24, 2.45) is 0 Å². The van der Waals surface area contributed by atoms with Crippen LogP contribution in [0.2, 0.25) is 5.02 Å². The van der Waals surface area contributed by atoms with Gasteiger partial charge in [0.15, 0.2) is 0 Å². The summed E-state index contributed by atoms with van der Waals surface area (Å²) >= 11 is 10.1. The van der Waals surface area contributed by atoms with Gasteiger partial charge in [0.1, 0.15) is 6.04 Å². The van der Waals surface area contributed by atoms with Crippen molar-refractivity contribution in [3.63, 3.8) is 0 Å². The number of nitrogens with one attached hydrogen (secondary N) is 2. The Balaban J connectivity index is 1.67. The Bertz CT molecular complexity index is 1190. The van der Waals surface area contributed by atoms with Crippen molar-refractivity contribution in [2.75, 3.05) is 16.4 Å². The minimum Gasteiger partial charge on any atom is -0.325 e. The maximum atomic E-state index is 13.6. The minimum atomic E-state index is -0.776. The van der Waals surface area contributed by atoms with Crippen molar-refractivity contribution in [1.29, 1.82) is 0 Å². The number of benzene rings is 2. The number of nitrogens with zero attached hydrogens (tertiary/aromatic N) is 2. The summed E-state index contributed by atoms with van der Waals surface area (Å²) in [6.07, 6.45) is 1.92. The third kappa shape index (κ3) is 5.35. The molecule has 9 heteroatoms. The summed E-state index contributed by atoms with van der Waals surface area (Å²) in [5, 5.41) is 6.00. The van der Waals surface area contributed by atoms with Gasteiger partial charge in [-0.2, -0.15) is 12.6 Å². The van der Waals surface area contributed by atoms with Crippen molar-refractivity contribution in [3.8, 4) is 0 Å². The molecule has 2 N–H and O–H groups in total. The molecule has 0 aliphatic carbocycles. The molecule has 1 aromatic heterocycles. The summed E-state index contributed by atoms with van der Waals surface area (Å²) in [4.78, 5) is 44.2. The Hall–Kier alpha value is -3.36. The van der Waals surface area contributed by atoms with Crippen LogP contribution in [0, 0.1) is 0 Å². The van der Waals surface area contributed by atoms with Crippen LogP contribution in [0.1, 0.15) is 21.6 Å². The number of carbonyl (C=O) groups excluding carboxylic acids is 3. The average molecular weight is 481 g/mol. The molecule has 168 valence electrons. The van der Waals surface area contributed by atoms with Gasteiger partial charge < -0.3 is 15.5 Å². The Morgan fingerprint density at radius 3 is 2.61 bits per heavy atom. The van der Waals surface area contributed by atoms with E-state index in [1.807, 2.05) is 24.3 Å². The first kappa shape index (κ1) is 22.8. The van der Waals surface area contributed by atoms with E-state index in [1.165, 1.54) is 0 Å². The van der Waals surface area contributed by atoms with E-state index in [1.54, 1.807) is 47.5 Å². The molecule has 0 saturated heterocycles. The second-order valence-electron chi connectivity index (χ2n) is 7.56. The lowest BCUT2D eigenvalue weighted by molar-refractivity contribution is -0.120. The number of amides is 3. The first-order chi connectivity index (χ1) is 15.9. The molecule has 2 aromatic carbocycles. The van der Waals surface area contributed by atoms with Gasteiger partial charge in [-0.15, -0.1) is 0 Å². The van der Waals surface area contributed by atoms with Crippen molar-refractivity contribution in [1.82, 2.24) is 9.88 Å². The van der Waals surface area contributed by atoms with Crippen LogP contribution in [0.15, 0.2) is 66.9 Å². The molecule has 4 rings (SSSR count). The zero-order valence-electron chi connectivity index (χ0n) is 17.5. The van der Waals surface area contributed by atoms with E-state index in [-0.39, 0.29) is 36.4 Å². The molecule has 0 saturated carbocycles. The fourth-order valence-corrected chi connectivity index (χ4v) is 3.90. The highest BCUT2D eigenvalue weighted by molar-refractivity contribution is 7.81. The predicted molar refractivity (Wildman–Crippen MR) is 131 cm³/mol. The Labute approximate surface area is 201 Å². The highest BCUT2D eigenvalue weighted by atomic mass is 35.5. The second kappa shape index (κ2) is 10.1. The van der Waals surface area contributed by atoms with Crippen LogP contribution in [0.25, 0.3) is 0 Å². The van der Waals surface area contributed by atoms with Gasteiger partial charge >= 0.3 is 0 Å². The monoisotopic (exact) mass is 480 g/mol. The molecule has 0 fully saturated rings. The summed E-state index contributed by atoms with van der Waals surface area (Å²) < 4.78 is 0. The van der Waals surface area contributed by atoms with Gasteiger partial charge in [-0.05, 0) is 48.0 Å². The van der Waals surface area contributed by atoms with Crippen molar-refractivity contribution in [3.05, 3.63) is 88.7 Å². The molecule has 33 heavy (non-hydrogen) atoms. The van der Waals surface area contributed by atoms with Crippen LogP contribution < -0.4 is 10.6 Å². The molecule has 0 spiro atoms. The Kier molecular flexibility index (Phi) is 6.96. The fraction of sp³-hybridized carbons (Fsp3) is 0.167. The van der Waals surface area contributed by atoms with Gasteiger partial charge in [0, 0.05) is 35.6 Å². The van der Waals surface area contributed by atoms with E-state index in [4.69, 9.17) is 11.6 Å². The van der Waals surface area contributed by atoms with Gasteiger partial charge in [0.25, 0.3) is 5.91 Å². The maximum absolute atomic E-state index is 13.6. The summed E-state index contributed by atoms with van der Waals surface area (Å²) in [6.45, 7) is 0.201. The number of hydrogen-bond acceptors (Lipinski definition) is 5. The number of hydrogen-bond donors (Lipinski definition) is 3. The van der Waals surface area contributed by atoms with Crippen LogP contribution >= 0.6 is 24.2 Å². The predicted octanol–water partition coefficient (Wildman–Crippen LogP) is 3.81. The van der Waals surface area contributed by atoms with Crippen LogP contribution in [-0.4, -0.2) is 39.4 Å². The molecule has 1 atom stereocenters. The molecule has 1 aliphatic rings. The van der Waals surface area contributed by atoms with E-state index in [0.29, 0.717) is 27.7 Å². The van der Waals surface area contributed by atoms with Crippen LogP contribution in [0.4, 0.5) is 11.4 Å². The smallest absolute Gasteiger partial charge is 0.256 e. The van der Waals surface area contributed by atoms with Gasteiger partial charge in [0.2, 0.25) is 11.8 Å². The van der Waals surface area contributed by atoms with Gasteiger partial charge in [0.05, 0.1) is 17.0 Å². The van der Waals surface area contributed by atoms with E-state index >= 15 is 0 Å². The lowest BCUT2D eigenvalue weighted by atomic mass is 10.1. The normalized spacial score (nSPS) is 15.5. The quantitative estimate of drug-likeness (QED) is 0.468. The molecular weight excluding hydrogens is 460 g/mol. The zero-order chi connectivity index (χ0) is 23.4. The molecule has 0 radical (unpaired) electrons. The van der Waals surface area contributed by atoms with E-state index in [9.17, 15) is 14.4 Å². The van der Waals surface area contributed by atoms with Crippen molar-refractivity contribution in [2.45, 2.75) is 19.0 Å². The summed E-state index contributed by atoms with van der Waals surface area (Å²) in [5.41, 5.74) is 2.89. The number of fused-ring (bicyclic) bond motifs is 1. The standard InChI is InChI=1S/C24H21ClN4O3S/c25-16-6-9-19-20(11-16)28-23(31)21(12-18-3-1-2-10-26-18)29(24(19)32)13-15-4-7-17(8-5-15)27-22(30)14-33/h1-11,21,33H,12-14H2,(H,27,30)(H,28,31)/t21-/m1/s1. The third-order valence-corrected chi connectivity index (χ3v) is 5.79. The molecule has 3 aromatic rings. The molecule has 2 heterocycles. The SMILES string of the molecule is O=C(CS)Nc1ccc(CN2C(=O)c3ccc(Cl)cc3NC(=O)[C@H]2Cc2ccccn2)cc1. The van der Waals surface area contributed by atoms with Crippen LogP contribution in [0.3, 0.4) is 0 Å². The summed E-state index contributed by atoms with van der Waals surface area (Å²) in [7, 11) is 0. The number of thiol groups is 1. The topological polar surface area (TPSA) is 91.4 Å². The Morgan fingerprint density at radius 2 is 1.91 bits per heavy atom. The van der Waals surface area contributed by atoms with Gasteiger partial charge in [-0.1, -0.05) is 29.8 Å². The fourth-order valence-electron chi connectivity index (χ4n) is 3.65. The number of halogens is 1. The van der Waals surface area contributed by atoms with Crippen molar-refractivity contribution < 1.29 is 14.4 Å².